The lowest BCUT2D eigenvalue weighted by atomic mass is 10.2. The van der Waals surface area contributed by atoms with Crippen molar-refractivity contribution < 1.29 is 9.32 Å². The van der Waals surface area contributed by atoms with Crippen molar-refractivity contribution in [2.75, 3.05) is 7.05 Å². The Hall–Kier alpha value is -2.08. The number of halogens is 1. The molecule has 1 amide bonds. The first kappa shape index (κ1) is 13.9. The molecule has 0 bridgehead atoms. The van der Waals surface area contributed by atoms with E-state index in [4.69, 9.17) is 4.52 Å². The summed E-state index contributed by atoms with van der Waals surface area (Å²) in [4.78, 5) is 17.3. The van der Waals surface area contributed by atoms with E-state index in [0.717, 1.165) is 26.8 Å². The van der Waals surface area contributed by atoms with Crippen LogP contribution in [0.1, 0.15) is 21.9 Å². The second-order valence-corrected chi connectivity index (χ2v) is 5.74. The number of rotatable bonds is 3. The molecule has 5 nitrogen and oxygen atoms in total. The minimum atomic E-state index is -0.0984. The highest BCUT2D eigenvalue weighted by Crippen LogP contribution is 2.28. The van der Waals surface area contributed by atoms with Crippen LogP contribution >= 0.6 is 15.9 Å². The van der Waals surface area contributed by atoms with Crippen LogP contribution in [0.4, 0.5) is 0 Å². The number of hydrogen-bond acceptors (Lipinski definition) is 3. The fraction of sp³-hybridized carbons (Fsp3) is 0.200. The van der Waals surface area contributed by atoms with Crippen molar-refractivity contribution in [3.63, 3.8) is 0 Å². The summed E-state index contributed by atoms with van der Waals surface area (Å²) in [6.07, 6.45) is 0. The second kappa shape index (κ2) is 5.37. The minimum absolute atomic E-state index is 0.0984. The highest BCUT2D eigenvalue weighted by atomic mass is 79.9. The van der Waals surface area contributed by atoms with Crippen molar-refractivity contribution in [2.45, 2.75) is 13.5 Å². The number of aryl methyl sites for hydroxylation is 1. The highest BCUT2D eigenvalue weighted by molar-refractivity contribution is 9.10. The summed E-state index contributed by atoms with van der Waals surface area (Å²) in [5.41, 5.74) is 2.20. The maximum Gasteiger partial charge on any atom is 0.271 e. The summed E-state index contributed by atoms with van der Waals surface area (Å²) < 4.78 is 5.80. The molecule has 3 aromatic rings. The fourth-order valence-corrected chi connectivity index (χ4v) is 2.87. The number of aromatic amines is 1. The maximum absolute atomic E-state index is 12.6. The molecule has 2 heterocycles. The van der Waals surface area contributed by atoms with Crippen LogP contribution in [-0.4, -0.2) is 28.0 Å². The van der Waals surface area contributed by atoms with Gasteiger partial charge in [0.2, 0.25) is 0 Å². The van der Waals surface area contributed by atoms with Crippen LogP contribution < -0.4 is 0 Å². The van der Waals surface area contributed by atoms with Crippen molar-refractivity contribution in [3.05, 3.63) is 52.0 Å². The van der Waals surface area contributed by atoms with Gasteiger partial charge in [0.25, 0.3) is 5.91 Å². The van der Waals surface area contributed by atoms with E-state index in [1.165, 1.54) is 0 Å². The molecule has 1 N–H and O–H groups in total. The van der Waals surface area contributed by atoms with E-state index in [1.807, 2.05) is 37.3 Å². The zero-order chi connectivity index (χ0) is 15.0. The fourth-order valence-electron chi connectivity index (χ4n) is 2.25. The second-order valence-electron chi connectivity index (χ2n) is 4.95. The molecule has 0 aliphatic rings. The van der Waals surface area contributed by atoms with E-state index in [0.29, 0.717) is 12.2 Å². The van der Waals surface area contributed by atoms with E-state index in [9.17, 15) is 4.79 Å². The van der Waals surface area contributed by atoms with Crippen molar-refractivity contribution in [1.82, 2.24) is 15.0 Å². The van der Waals surface area contributed by atoms with Gasteiger partial charge in [0, 0.05) is 24.0 Å². The molecule has 6 heteroatoms. The third-order valence-electron chi connectivity index (χ3n) is 3.28. The Kier molecular flexibility index (Phi) is 3.55. The number of hydrogen-bond donors (Lipinski definition) is 1. The molecule has 21 heavy (non-hydrogen) atoms. The number of benzene rings is 1. The number of aromatic nitrogens is 2. The van der Waals surface area contributed by atoms with Crippen molar-refractivity contribution in [2.24, 2.45) is 0 Å². The standard InChI is InChI=1S/C15H14BrN3O2/c1-9-7-10(18-21-9)8-19(2)15(20)14-13(16)11-5-3-4-6-12(11)17-14/h3-7,17H,8H2,1-2H3. The van der Waals surface area contributed by atoms with Gasteiger partial charge in [0.15, 0.2) is 0 Å². The molecular formula is C15H14BrN3O2. The number of H-pyrrole nitrogens is 1. The van der Waals surface area contributed by atoms with Gasteiger partial charge >= 0.3 is 0 Å². The van der Waals surface area contributed by atoms with Gasteiger partial charge in [-0.15, -0.1) is 0 Å². The smallest absolute Gasteiger partial charge is 0.271 e. The summed E-state index contributed by atoms with van der Waals surface area (Å²) in [5.74, 6) is 0.636. The van der Waals surface area contributed by atoms with E-state index in [1.54, 1.807) is 11.9 Å². The lowest BCUT2D eigenvalue weighted by Gasteiger charge is -2.14. The summed E-state index contributed by atoms with van der Waals surface area (Å²) in [7, 11) is 1.74. The van der Waals surface area contributed by atoms with Gasteiger partial charge in [0.05, 0.1) is 11.0 Å². The van der Waals surface area contributed by atoms with Crippen LogP contribution in [0.25, 0.3) is 10.9 Å². The first-order valence-electron chi connectivity index (χ1n) is 6.50. The Balaban J connectivity index is 1.87. The van der Waals surface area contributed by atoms with Crippen LogP contribution in [0.3, 0.4) is 0 Å². The van der Waals surface area contributed by atoms with E-state index in [-0.39, 0.29) is 5.91 Å². The number of amides is 1. The molecule has 0 radical (unpaired) electrons. The molecule has 3 rings (SSSR count). The van der Waals surface area contributed by atoms with Gasteiger partial charge in [-0.05, 0) is 28.9 Å². The summed E-state index contributed by atoms with van der Waals surface area (Å²) in [6.45, 7) is 2.23. The molecule has 0 aliphatic heterocycles. The molecule has 0 fully saturated rings. The molecule has 0 aliphatic carbocycles. The SMILES string of the molecule is Cc1cc(CN(C)C(=O)c2[nH]c3ccccc3c2Br)no1. The van der Waals surface area contributed by atoms with E-state index in [2.05, 4.69) is 26.1 Å². The number of carbonyl (C=O) groups excluding carboxylic acids is 1. The Morgan fingerprint density at radius 1 is 1.43 bits per heavy atom. The molecule has 1 aromatic carbocycles. The zero-order valence-corrected chi connectivity index (χ0v) is 13.3. The molecule has 2 aromatic heterocycles. The number of nitrogens with one attached hydrogen (secondary N) is 1. The lowest BCUT2D eigenvalue weighted by molar-refractivity contribution is 0.0776. The normalized spacial score (nSPS) is 11.0. The van der Waals surface area contributed by atoms with Gasteiger partial charge in [0.1, 0.15) is 17.1 Å². The summed E-state index contributed by atoms with van der Waals surface area (Å²) in [5, 5.41) is 4.90. The van der Waals surface area contributed by atoms with Crippen LogP contribution in [0, 0.1) is 6.92 Å². The van der Waals surface area contributed by atoms with Gasteiger partial charge in [-0.25, -0.2) is 0 Å². The van der Waals surface area contributed by atoms with Crippen LogP contribution in [0.15, 0.2) is 39.3 Å². The molecular weight excluding hydrogens is 334 g/mol. The Morgan fingerprint density at radius 2 is 2.19 bits per heavy atom. The number of fused-ring (bicyclic) bond motifs is 1. The Bertz CT molecular complexity index is 806. The third-order valence-corrected chi connectivity index (χ3v) is 4.10. The molecule has 0 atom stereocenters. The van der Waals surface area contributed by atoms with E-state index < -0.39 is 0 Å². The van der Waals surface area contributed by atoms with Gasteiger partial charge < -0.3 is 14.4 Å². The third kappa shape index (κ3) is 2.58. The molecule has 108 valence electrons. The maximum atomic E-state index is 12.6. The molecule has 0 unspecified atom stereocenters. The van der Waals surface area contributed by atoms with Crippen molar-refractivity contribution in [3.8, 4) is 0 Å². The largest absolute Gasteiger partial charge is 0.361 e. The number of carbonyl (C=O) groups is 1. The molecule has 0 spiro atoms. The first-order valence-corrected chi connectivity index (χ1v) is 7.29. The minimum Gasteiger partial charge on any atom is -0.361 e. The average molecular weight is 348 g/mol. The number of para-hydroxylation sites is 1. The van der Waals surface area contributed by atoms with Gasteiger partial charge in [-0.3, -0.25) is 4.79 Å². The molecule has 0 saturated heterocycles. The Morgan fingerprint density at radius 3 is 2.86 bits per heavy atom. The Labute approximate surface area is 130 Å². The van der Waals surface area contributed by atoms with Crippen molar-refractivity contribution in [1.29, 1.82) is 0 Å². The summed E-state index contributed by atoms with van der Waals surface area (Å²) in [6, 6.07) is 9.61. The monoisotopic (exact) mass is 347 g/mol. The van der Waals surface area contributed by atoms with Gasteiger partial charge in [-0.2, -0.15) is 0 Å². The highest BCUT2D eigenvalue weighted by Gasteiger charge is 2.20. The average Bonchev–Trinajstić information content (AvgIpc) is 3.03. The predicted molar refractivity (Wildman–Crippen MR) is 83.0 cm³/mol. The van der Waals surface area contributed by atoms with Crippen LogP contribution in [0.5, 0.6) is 0 Å². The first-order chi connectivity index (χ1) is 10.1. The van der Waals surface area contributed by atoms with Gasteiger partial charge in [-0.1, -0.05) is 23.4 Å². The lowest BCUT2D eigenvalue weighted by Crippen LogP contribution is -2.26. The van der Waals surface area contributed by atoms with Crippen molar-refractivity contribution >= 4 is 32.7 Å². The zero-order valence-electron chi connectivity index (χ0n) is 11.7. The van der Waals surface area contributed by atoms with E-state index >= 15 is 0 Å². The number of nitrogens with zero attached hydrogens (tertiary/aromatic N) is 2. The topological polar surface area (TPSA) is 62.1 Å². The van der Waals surface area contributed by atoms with Crippen LogP contribution in [-0.2, 0) is 6.54 Å². The predicted octanol–water partition coefficient (Wildman–Crippen LogP) is 3.50. The summed E-state index contributed by atoms with van der Waals surface area (Å²) >= 11 is 3.50. The quantitative estimate of drug-likeness (QED) is 0.788. The van der Waals surface area contributed by atoms with Crippen LogP contribution in [0.2, 0.25) is 0 Å². The molecule has 0 saturated carbocycles.